The molecule has 0 radical (unpaired) electrons. The Balaban J connectivity index is 2.72. The Kier molecular flexibility index (Phi) is 5.91. The molecule has 0 fully saturated rings. The van der Waals surface area contributed by atoms with Crippen LogP contribution in [-0.4, -0.2) is 18.3 Å². The zero-order valence-corrected chi connectivity index (χ0v) is 11.1. The summed E-state index contributed by atoms with van der Waals surface area (Å²) in [6.45, 7) is 2.11. The van der Waals surface area contributed by atoms with Crippen molar-refractivity contribution >= 4 is 23.4 Å². The van der Waals surface area contributed by atoms with Crippen molar-refractivity contribution in [3.63, 3.8) is 0 Å². The lowest BCUT2D eigenvalue weighted by Crippen LogP contribution is -2.18. The molecule has 0 saturated carbocycles. The van der Waals surface area contributed by atoms with Crippen molar-refractivity contribution < 1.29 is 9.53 Å². The van der Waals surface area contributed by atoms with Gasteiger partial charge < -0.3 is 10.5 Å². The minimum Gasteiger partial charge on any atom is -0.468 e. The van der Waals surface area contributed by atoms with Gasteiger partial charge in [-0.1, -0.05) is 31.9 Å². The molecule has 94 valence electrons. The van der Waals surface area contributed by atoms with E-state index in [0.29, 0.717) is 5.69 Å². The van der Waals surface area contributed by atoms with Crippen LogP contribution in [0.5, 0.6) is 0 Å². The van der Waals surface area contributed by atoms with Crippen molar-refractivity contribution in [2.24, 2.45) is 0 Å². The molecule has 2 N–H and O–H groups in total. The second-order valence-corrected chi connectivity index (χ2v) is 5.05. The maximum atomic E-state index is 11.6. The molecule has 0 saturated heterocycles. The molecule has 4 heteroatoms. The summed E-state index contributed by atoms with van der Waals surface area (Å²) in [6, 6.07) is 7.59. The second kappa shape index (κ2) is 7.22. The fourth-order valence-electron chi connectivity index (χ4n) is 1.49. The van der Waals surface area contributed by atoms with Crippen molar-refractivity contribution in [3.05, 3.63) is 24.3 Å². The number of unbranched alkanes of at least 4 members (excludes halogenated alkanes) is 1. The molecule has 1 atom stereocenters. The molecule has 1 aromatic rings. The van der Waals surface area contributed by atoms with E-state index in [0.717, 1.165) is 24.2 Å². The lowest BCUT2D eigenvalue weighted by atomic mass is 10.2. The predicted molar refractivity (Wildman–Crippen MR) is 72.0 cm³/mol. The fraction of sp³-hybridized carbons (Fsp3) is 0.462. The molecule has 17 heavy (non-hydrogen) atoms. The van der Waals surface area contributed by atoms with E-state index in [1.54, 1.807) is 0 Å². The standard InChI is InChI=1S/C13H19NO2S/c1-3-4-8-12(13(15)16-2)17-11-9-6-5-7-10(11)14/h5-7,9,12H,3-4,8,14H2,1-2H3. The van der Waals surface area contributed by atoms with E-state index in [1.807, 2.05) is 24.3 Å². The van der Waals surface area contributed by atoms with Crippen LogP contribution in [0.15, 0.2) is 29.2 Å². The Morgan fingerprint density at radius 1 is 1.47 bits per heavy atom. The highest BCUT2D eigenvalue weighted by Gasteiger charge is 2.20. The molecule has 0 aliphatic carbocycles. The Hall–Kier alpha value is -1.16. The Morgan fingerprint density at radius 3 is 2.76 bits per heavy atom. The summed E-state index contributed by atoms with van der Waals surface area (Å²) in [4.78, 5) is 12.6. The third kappa shape index (κ3) is 4.30. The molecule has 0 bridgehead atoms. The molecule has 0 aromatic heterocycles. The van der Waals surface area contributed by atoms with Crippen LogP contribution >= 0.6 is 11.8 Å². The first-order valence-electron chi connectivity index (χ1n) is 5.78. The van der Waals surface area contributed by atoms with Crippen LogP contribution < -0.4 is 5.73 Å². The average Bonchev–Trinajstić information content (AvgIpc) is 2.35. The van der Waals surface area contributed by atoms with Crippen LogP contribution in [0.1, 0.15) is 26.2 Å². The lowest BCUT2D eigenvalue weighted by Gasteiger charge is -2.14. The molecule has 0 spiro atoms. The number of carbonyl (C=O) groups excluding carboxylic acids is 1. The van der Waals surface area contributed by atoms with Gasteiger partial charge in [0.05, 0.1) is 7.11 Å². The van der Waals surface area contributed by atoms with Crippen LogP contribution in [0.25, 0.3) is 0 Å². The largest absolute Gasteiger partial charge is 0.468 e. The smallest absolute Gasteiger partial charge is 0.319 e. The van der Waals surface area contributed by atoms with Crippen LogP contribution in [0.4, 0.5) is 5.69 Å². The van der Waals surface area contributed by atoms with Gasteiger partial charge in [-0.3, -0.25) is 4.79 Å². The van der Waals surface area contributed by atoms with E-state index in [1.165, 1.54) is 18.9 Å². The van der Waals surface area contributed by atoms with E-state index in [9.17, 15) is 4.79 Å². The maximum absolute atomic E-state index is 11.6. The third-order valence-electron chi connectivity index (χ3n) is 2.47. The van der Waals surface area contributed by atoms with Gasteiger partial charge in [0.2, 0.25) is 0 Å². The number of nitrogen functional groups attached to an aromatic ring is 1. The number of methoxy groups -OCH3 is 1. The minimum absolute atomic E-state index is 0.162. The lowest BCUT2D eigenvalue weighted by molar-refractivity contribution is -0.140. The molecule has 1 aromatic carbocycles. The average molecular weight is 253 g/mol. The number of benzene rings is 1. The first kappa shape index (κ1) is 13.9. The Bertz CT molecular complexity index is 368. The number of ether oxygens (including phenoxy) is 1. The molecule has 0 aliphatic rings. The highest BCUT2D eigenvalue weighted by molar-refractivity contribution is 8.00. The number of carbonyl (C=O) groups is 1. The number of thioether (sulfide) groups is 1. The van der Waals surface area contributed by atoms with E-state index in [4.69, 9.17) is 10.5 Å². The van der Waals surface area contributed by atoms with Crippen LogP contribution in [0.3, 0.4) is 0 Å². The topological polar surface area (TPSA) is 52.3 Å². The number of para-hydroxylation sites is 1. The normalized spacial score (nSPS) is 12.1. The van der Waals surface area contributed by atoms with Gasteiger partial charge in [0.25, 0.3) is 0 Å². The van der Waals surface area contributed by atoms with Gasteiger partial charge in [0.1, 0.15) is 5.25 Å². The molecule has 1 rings (SSSR count). The van der Waals surface area contributed by atoms with E-state index >= 15 is 0 Å². The zero-order valence-electron chi connectivity index (χ0n) is 10.3. The summed E-state index contributed by atoms with van der Waals surface area (Å²) in [7, 11) is 1.43. The van der Waals surface area contributed by atoms with Gasteiger partial charge in [0.15, 0.2) is 0 Å². The van der Waals surface area contributed by atoms with Gasteiger partial charge >= 0.3 is 5.97 Å². The number of rotatable bonds is 6. The van der Waals surface area contributed by atoms with Gasteiger partial charge in [-0.25, -0.2) is 0 Å². The van der Waals surface area contributed by atoms with Crippen molar-refractivity contribution in [2.45, 2.75) is 36.3 Å². The van der Waals surface area contributed by atoms with E-state index < -0.39 is 0 Å². The second-order valence-electron chi connectivity index (χ2n) is 3.81. The Labute approximate surface area is 107 Å². The summed E-state index contributed by atoms with van der Waals surface area (Å²) >= 11 is 1.49. The predicted octanol–water partition coefficient (Wildman–Crippen LogP) is 3.09. The SMILES string of the molecule is CCCCC(Sc1ccccc1N)C(=O)OC. The molecule has 0 amide bonds. The molecule has 0 aliphatic heterocycles. The highest BCUT2D eigenvalue weighted by Crippen LogP contribution is 2.31. The van der Waals surface area contributed by atoms with Crippen molar-refractivity contribution in [1.29, 1.82) is 0 Å². The van der Waals surface area contributed by atoms with Crippen molar-refractivity contribution in [2.75, 3.05) is 12.8 Å². The number of hydrogen-bond donors (Lipinski definition) is 1. The van der Waals surface area contributed by atoms with Gasteiger partial charge in [-0.05, 0) is 18.6 Å². The maximum Gasteiger partial charge on any atom is 0.319 e. The van der Waals surface area contributed by atoms with E-state index in [-0.39, 0.29) is 11.2 Å². The summed E-state index contributed by atoms with van der Waals surface area (Å²) < 4.78 is 4.82. The summed E-state index contributed by atoms with van der Waals surface area (Å²) in [5.41, 5.74) is 6.58. The molecular weight excluding hydrogens is 234 g/mol. The molecule has 0 heterocycles. The summed E-state index contributed by atoms with van der Waals surface area (Å²) in [6.07, 6.45) is 2.90. The number of nitrogens with two attached hydrogens (primary N) is 1. The monoisotopic (exact) mass is 253 g/mol. The van der Waals surface area contributed by atoms with Crippen LogP contribution in [0.2, 0.25) is 0 Å². The van der Waals surface area contributed by atoms with Crippen LogP contribution in [-0.2, 0) is 9.53 Å². The zero-order chi connectivity index (χ0) is 12.7. The third-order valence-corrected chi connectivity index (χ3v) is 3.81. The molecule has 3 nitrogen and oxygen atoms in total. The highest BCUT2D eigenvalue weighted by atomic mass is 32.2. The van der Waals surface area contributed by atoms with Crippen molar-refractivity contribution in [3.8, 4) is 0 Å². The fourth-order valence-corrected chi connectivity index (χ4v) is 2.63. The number of anilines is 1. The Morgan fingerprint density at radius 2 is 2.18 bits per heavy atom. The number of hydrogen-bond acceptors (Lipinski definition) is 4. The van der Waals surface area contributed by atoms with Gasteiger partial charge in [0, 0.05) is 10.6 Å². The van der Waals surface area contributed by atoms with E-state index in [2.05, 4.69) is 6.92 Å². The minimum atomic E-state index is -0.174. The van der Waals surface area contributed by atoms with Crippen LogP contribution in [0, 0.1) is 0 Å². The first-order valence-corrected chi connectivity index (χ1v) is 6.66. The summed E-state index contributed by atoms with van der Waals surface area (Å²) in [5.74, 6) is -0.174. The number of esters is 1. The van der Waals surface area contributed by atoms with Crippen molar-refractivity contribution in [1.82, 2.24) is 0 Å². The first-order chi connectivity index (χ1) is 8.19. The quantitative estimate of drug-likeness (QED) is 0.481. The van der Waals surface area contributed by atoms with Gasteiger partial charge in [-0.2, -0.15) is 0 Å². The molecule has 1 unspecified atom stereocenters. The van der Waals surface area contributed by atoms with Gasteiger partial charge in [-0.15, -0.1) is 11.8 Å². The summed E-state index contributed by atoms with van der Waals surface area (Å²) in [5, 5.41) is -0.162. The molecular formula is C13H19NO2S.